The standard InChI is InChI=1S/C24H28ClN5O3/c1-3-14-29(16-23(31)27-20-10-6-7-11-21(20)33-2)17-24(32)28-22-12-13-26-30(22)15-18-8-4-5-9-19(18)25/h4-13H,3,14-17H2,1-2H3,(H,27,31)(H,28,32). The summed E-state index contributed by atoms with van der Waals surface area (Å²) < 4.78 is 6.95. The summed E-state index contributed by atoms with van der Waals surface area (Å²) in [5.74, 6) is 0.700. The number of benzene rings is 2. The maximum absolute atomic E-state index is 12.7. The van der Waals surface area contributed by atoms with Gasteiger partial charge in [0.25, 0.3) is 0 Å². The van der Waals surface area contributed by atoms with Crippen LogP contribution < -0.4 is 15.4 Å². The van der Waals surface area contributed by atoms with Gasteiger partial charge in [-0.05, 0) is 36.7 Å². The zero-order valence-electron chi connectivity index (χ0n) is 18.8. The van der Waals surface area contributed by atoms with E-state index in [0.29, 0.717) is 35.4 Å². The molecule has 0 fully saturated rings. The van der Waals surface area contributed by atoms with Crippen LogP contribution in [-0.2, 0) is 16.1 Å². The molecule has 3 rings (SSSR count). The zero-order chi connectivity index (χ0) is 23.6. The maximum atomic E-state index is 12.7. The fraction of sp³-hybridized carbons (Fsp3) is 0.292. The number of aromatic nitrogens is 2. The van der Waals surface area contributed by atoms with Crippen LogP contribution in [0.3, 0.4) is 0 Å². The smallest absolute Gasteiger partial charge is 0.239 e. The van der Waals surface area contributed by atoms with E-state index in [1.807, 2.05) is 43.3 Å². The molecule has 2 N–H and O–H groups in total. The summed E-state index contributed by atoms with van der Waals surface area (Å²) in [5, 5.41) is 10.7. The number of rotatable bonds is 11. The summed E-state index contributed by atoms with van der Waals surface area (Å²) in [7, 11) is 1.55. The van der Waals surface area contributed by atoms with Gasteiger partial charge in [0.05, 0.1) is 38.6 Å². The molecule has 2 aromatic carbocycles. The van der Waals surface area contributed by atoms with E-state index < -0.39 is 0 Å². The van der Waals surface area contributed by atoms with E-state index >= 15 is 0 Å². The van der Waals surface area contributed by atoms with Crippen molar-refractivity contribution < 1.29 is 14.3 Å². The molecule has 174 valence electrons. The number of nitrogens with one attached hydrogen (secondary N) is 2. The van der Waals surface area contributed by atoms with E-state index in [0.717, 1.165) is 12.0 Å². The number of para-hydroxylation sites is 2. The topological polar surface area (TPSA) is 88.5 Å². The largest absolute Gasteiger partial charge is 0.495 e. The average molecular weight is 470 g/mol. The SMILES string of the molecule is CCCN(CC(=O)Nc1ccccc1OC)CC(=O)Nc1ccnn1Cc1ccccc1Cl. The summed E-state index contributed by atoms with van der Waals surface area (Å²) in [4.78, 5) is 27.1. The van der Waals surface area contributed by atoms with E-state index in [9.17, 15) is 9.59 Å². The summed E-state index contributed by atoms with van der Waals surface area (Å²) in [6, 6.07) is 16.4. The van der Waals surface area contributed by atoms with E-state index in [-0.39, 0.29) is 24.9 Å². The van der Waals surface area contributed by atoms with Gasteiger partial charge in [0, 0.05) is 11.1 Å². The number of carbonyl (C=O) groups excluding carboxylic acids is 2. The molecule has 0 spiro atoms. The number of anilines is 2. The van der Waals surface area contributed by atoms with Crippen LogP contribution in [0.15, 0.2) is 60.8 Å². The van der Waals surface area contributed by atoms with Crippen molar-refractivity contribution in [2.45, 2.75) is 19.9 Å². The van der Waals surface area contributed by atoms with Crippen LogP contribution in [0, 0.1) is 0 Å². The number of halogens is 1. The van der Waals surface area contributed by atoms with E-state index in [1.165, 1.54) is 0 Å². The Bertz CT molecular complexity index is 1090. The molecule has 3 aromatic rings. The van der Waals surface area contributed by atoms with Gasteiger partial charge < -0.3 is 15.4 Å². The molecule has 9 heteroatoms. The lowest BCUT2D eigenvalue weighted by atomic mass is 10.2. The second-order valence-corrected chi connectivity index (χ2v) is 7.88. The Morgan fingerprint density at radius 1 is 1.03 bits per heavy atom. The Hall–Kier alpha value is -3.36. The van der Waals surface area contributed by atoms with Crippen molar-refractivity contribution in [3.63, 3.8) is 0 Å². The van der Waals surface area contributed by atoms with Crippen LogP contribution in [0.5, 0.6) is 5.75 Å². The molecule has 0 aliphatic heterocycles. The van der Waals surface area contributed by atoms with Gasteiger partial charge in [-0.15, -0.1) is 0 Å². The maximum Gasteiger partial charge on any atom is 0.239 e. The van der Waals surface area contributed by atoms with E-state index in [2.05, 4.69) is 15.7 Å². The summed E-state index contributed by atoms with van der Waals surface area (Å²) >= 11 is 6.25. The lowest BCUT2D eigenvalue weighted by Crippen LogP contribution is -2.39. The minimum absolute atomic E-state index is 0.0739. The van der Waals surface area contributed by atoms with Crippen molar-refractivity contribution in [3.05, 3.63) is 71.4 Å². The first kappa shape index (κ1) is 24.3. The highest BCUT2D eigenvalue weighted by Gasteiger charge is 2.17. The van der Waals surface area contributed by atoms with Gasteiger partial charge in [0.15, 0.2) is 0 Å². The third-order valence-electron chi connectivity index (χ3n) is 4.92. The fourth-order valence-corrected chi connectivity index (χ4v) is 3.60. The molecule has 2 amide bonds. The molecule has 0 radical (unpaired) electrons. The predicted molar refractivity (Wildman–Crippen MR) is 130 cm³/mol. The quantitative estimate of drug-likeness (QED) is 0.445. The summed E-state index contributed by atoms with van der Waals surface area (Å²) in [6.07, 6.45) is 2.43. The van der Waals surface area contributed by atoms with Crippen molar-refractivity contribution >= 4 is 34.9 Å². The van der Waals surface area contributed by atoms with Crippen molar-refractivity contribution in [1.29, 1.82) is 0 Å². The second-order valence-electron chi connectivity index (χ2n) is 7.47. The number of hydrogen-bond donors (Lipinski definition) is 2. The molecule has 0 saturated carbocycles. The minimum Gasteiger partial charge on any atom is -0.495 e. The molecule has 1 heterocycles. The van der Waals surface area contributed by atoms with Crippen LogP contribution in [0.1, 0.15) is 18.9 Å². The molecular formula is C24H28ClN5O3. The van der Waals surface area contributed by atoms with Crippen molar-refractivity contribution in [2.75, 3.05) is 37.4 Å². The van der Waals surface area contributed by atoms with E-state index in [4.69, 9.17) is 16.3 Å². The summed E-state index contributed by atoms with van der Waals surface area (Å²) in [6.45, 7) is 3.19. The fourth-order valence-electron chi connectivity index (χ4n) is 3.41. The molecule has 0 unspecified atom stereocenters. The molecule has 0 aliphatic rings. The van der Waals surface area contributed by atoms with Crippen molar-refractivity contribution in [1.82, 2.24) is 14.7 Å². The van der Waals surface area contributed by atoms with Crippen LogP contribution in [0.25, 0.3) is 0 Å². The highest BCUT2D eigenvalue weighted by atomic mass is 35.5. The average Bonchev–Trinajstić information content (AvgIpc) is 3.22. The first-order valence-corrected chi connectivity index (χ1v) is 11.1. The van der Waals surface area contributed by atoms with Crippen molar-refractivity contribution in [2.24, 2.45) is 0 Å². The van der Waals surface area contributed by atoms with Gasteiger partial charge in [0.1, 0.15) is 11.6 Å². The molecule has 33 heavy (non-hydrogen) atoms. The van der Waals surface area contributed by atoms with Gasteiger partial charge in [-0.25, -0.2) is 4.68 Å². The molecule has 0 saturated heterocycles. The zero-order valence-corrected chi connectivity index (χ0v) is 19.5. The monoisotopic (exact) mass is 469 g/mol. The van der Waals surface area contributed by atoms with Gasteiger partial charge in [0.2, 0.25) is 11.8 Å². The number of amides is 2. The molecule has 0 atom stereocenters. The first-order valence-electron chi connectivity index (χ1n) is 10.7. The van der Waals surface area contributed by atoms with Gasteiger partial charge in [-0.1, -0.05) is 48.9 Å². The molecule has 8 nitrogen and oxygen atoms in total. The highest BCUT2D eigenvalue weighted by molar-refractivity contribution is 6.31. The first-order chi connectivity index (χ1) is 16.0. The second kappa shape index (κ2) is 12.0. The van der Waals surface area contributed by atoms with Crippen LogP contribution in [0.4, 0.5) is 11.5 Å². The molecule has 0 aliphatic carbocycles. The normalized spacial score (nSPS) is 10.8. The van der Waals surface area contributed by atoms with Crippen molar-refractivity contribution in [3.8, 4) is 5.75 Å². The van der Waals surface area contributed by atoms with Crippen LogP contribution >= 0.6 is 11.6 Å². The number of nitrogens with zero attached hydrogens (tertiary/aromatic N) is 3. The van der Waals surface area contributed by atoms with E-state index in [1.54, 1.807) is 41.1 Å². The number of hydrogen-bond acceptors (Lipinski definition) is 5. The third kappa shape index (κ3) is 7.06. The number of ether oxygens (including phenoxy) is 1. The van der Waals surface area contributed by atoms with Gasteiger partial charge in [-0.2, -0.15) is 5.10 Å². The molecular weight excluding hydrogens is 442 g/mol. The predicted octanol–water partition coefficient (Wildman–Crippen LogP) is 3.88. The Morgan fingerprint density at radius 2 is 1.73 bits per heavy atom. The minimum atomic E-state index is -0.227. The Labute approximate surface area is 198 Å². The number of methoxy groups -OCH3 is 1. The number of carbonyl (C=O) groups is 2. The highest BCUT2D eigenvalue weighted by Crippen LogP contribution is 2.23. The van der Waals surface area contributed by atoms with Gasteiger partial charge in [-0.3, -0.25) is 14.5 Å². The Balaban J connectivity index is 1.59. The van der Waals surface area contributed by atoms with Crippen LogP contribution in [0.2, 0.25) is 5.02 Å². The molecule has 0 bridgehead atoms. The molecule has 1 aromatic heterocycles. The lowest BCUT2D eigenvalue weighted by molar-refractivity contribution is -0.120. The lowest BCUT2D eigenvalue weighted by Gasteiger charge is -2.21. The third-order valence-corrected chi connectivity index (χ3v) is 5.29. The van der Waals surface area contributed by atoms with Gasteiger partial charge >= 0.3 is 0 Å². The Morgan fingerprint density at radius 3 is 2.45 bits per heavy atom. The summed E-state index contributed by atoms with van der Waals surface area (Å²) in [5.41, 5.74) is 1.49. The Kier molecular flexibility index (Phi) is 8.86. The van der Waals surface area contributed by atoms with Crippen LogP contribution in [-0.4, -0.2) is 53.2 Å².